The Labute approximate surface area is 129 Å². The largest absolute Gasteiger partial charge is 0.491 e. The van der Waals surface area contributed by atoms with Crippen LogP contribution in [0.4, 0.5) is 5.69 Å². The predicted molar refractivity (Wildman–Crippen MR) is 88.4 cm³/mol. The molecule has 2 aromatic rings. The molecule has 0 radical (unpaired) electrons. The summed E-state index contributed by atoms with van der Waals surface area (Å²) in [4.78, 5) is 0. The molecule has 0 aliphatic carbocycles. The third kappa shape index (κ3) is 4.01. The molecule has 0 saturated heterocycles. The van der Waals surface area contributed by atoms with Crippen LogP contribution < -0.4 is 10.1 Å². The van der Waals surface area contributed by atoms with Crippen LogP contribution in [0.2, 0.25) is 0 Å². The molecule has 20 heavy (non-hydrogen) atoms. The molecule has 0 fully saturated rings. The van der Waals surface area contributed by atoms with E-state index >= 15 is 0 Å². The summed E-state index contributed by atoms with van der Waals surface area (Å²) in [5, 5.41) is 3.51. The SMILES string of the molecule is CCCOc1ccccc1NC(C)c1ccc(Br)cc1. The van der Waals surface area contributed by atoms with E-state index in [9.17, 15) is 0 Å². The molecular weight excluding hydrogens is 314 g/mol. The summed E-state index contributed by atoms with van der Waals surface area (Å²) < 4.78 is 6.87. The molecule has 0 aromatic heterocycles. The third-order valence-electron chi connectivity index (χ3n) is 3.09. The Morgan fingerprint density at radius 1 is 1.10 bits per heavy atom. The maximum atomic E-state index is 5.77. The van der Waals surface area contributed by atoms with E-state index in [1.807, 2.05) is 18.2 Å². The van der Waals surface area contributed by atoms with Gasteiger partial charge in [-0.1, -0.05) is 47.1 Å². The van der Waals surface area contributed by atoms with Gasteiger partial charge >= 0.3 is 0 Å². The van der Waals surface area contributed by atoms with Crippen molar-refractivity contribution in [3.05, 3.63) is 58.6 Å². The second-order valence-corrected chi connectivity index (χ2v) is 5.68. The summed E-state index contributed by atoms with van der Waals surface area (Å²) in [5.74, 6) is 0.915. The zero-order chi connectivity index (χ0) is 14.4. The van der Waals surface area contributed by atoms with Crippen molar-refractivity contribution >= 4 is 21.6 Å². The van der Waals surface area contributed by atoms with E-state index in [0.29, 0.717) is 0 Å². The van der Waals surface area contributed by atoms with E-state index in [1.54, 1.807) is 0 Å². The quantitative estimate of drug-likeness (QED) is 0.762. The molecule has 3 heteroatoms. The molecule has 1 N–H and O–H groups in total. The van der Waals surface area contributed by atoms with E-state index in [0.717, 1.165) is 28.9 Å². The summed E-state index contributed by atoms with van der Waals surface area (Å²) in [6.45, 7) is 5.01. The lowest BCUT2D eigenvalue weighted by molar-refractivity contribution is 0.318. The first-order valence-corrected chi connectivity index (χ1v) is 7.74. The van der Waals surface area contributed by atoms with E-state index in [1.165, 1.54) is 5.56 Å². The van der Waals surface area contributed by atoms with Crippen LogP contribution in [0.3, 0.4) is 0 Å². The van der Waals surface area contributed by atoms with Crippen molar-refractivity contribution in [1.29, 1.82) is 0 Å². The fraction of sp³-hybridized carbons (Fsp3) is 0.294. The number of rotatable bonds is 6. The van der Waals surface area contributed by atoms with Crippen molar-refractivity contribution < 1.29 is 4.74 Å². The Kier molecular flexibility index (Phi) is 5.48. The molecule has 0 aliphatic rings. The number of benzene rings is 2. The summed E-state index contributed by atoms with van der Waals surface area (Å²) in [7, 11) is 0. The summed E-state index contributed by atoms with van der Waals surface area (Å²) in [6, 6.07) is 16.7. The minimum atomic E-state index is 0.231. The highest BCUT2D eigenvalue weighted by Gasteiger charge is 2.08. The van der Waals surface area contributed by atoms with Crippen molar-refractivity contribution in [2.45, 2.75) is 26.3 Å². The first-order chi connectivity index (χ1) is 9.70. The van der Waals surface area contributed by atoms with Crippen molar-refractivity contribution in [2.24, 2.45) is 0 Å². The maximum Gasteiger partial charge on any atom is 0.142 e. The molecule has 1 unspecified atom stereocenters. The lowest BCUT2D eigenvalue weighted by Crippen LogP contribution is -2.08. The summed E-state index contributed by atoms with van der Waals surface area (Å²) >= 11 is 3.46. The molecule has 0 bridgehead atoms. The Morgan fingerprint density at radius 3 is 2.50 bits per heavy atom. The smallest absolute Gasteiger partial charge is 0.142 e. The van der Waals surface area contributed by atoms with E-state index in [4.69, 9.17) is 4.74 Å². The molecule has 1 atom stereocenters. The number of hydrogen-bond acceptors (Lipinski definition) is 2. The van der Waals surface area contributed by atoms with Gasteiger partial charge in [0.2, 0.25) is 0 Å². The van der Waals surface area contributed by atoms with Gasteiger partial charge in [-0.15, -0.1) is 0 Å². The Balaban J connectivity index is 2.10. The minimum absolute atomic E-state index is 0.231. The Hall–Kier alpha value is -1.48. The van der Waals surface area contributed by atoms with Crippen LogP contribution in [0.25, 0.3) is 0 Å². The van der Waals surface area contributed by atoms with Gasteiger partial charge in [0.15, 0.2) is 0 Å². The Bertz CT molecular complexity index is 539. The molecule has 2 aromatic carbocycles. The highest BCUT2D eigenvalue weighted by molar-refractivity contribution is 9.10. The van der Waals surface area contributed by atoms with Gasteiger partial charge in [0.25, 0.3) is 0 Å². The number of ether oxygens (including phenoxy) is 1. The average molecular weight is 334 g/mol. The van der Waals surface area contributed by atoms with E-state index in [-0.39, 0.29) is 6.04 Å². The summed E-state index contributed by atoms with van der Waals surface area (Å²) in [6.07, 6.45) is 1.01. The van der Waals surface area contributed by atoms with Gasteiger partial charge in [-0.05, 0) is 43.2 Å². The molecule has 106 valence electrons. The normalized spacial score (nSPS) is 11.9. The second kappa shape index (κ2) is 7.34. The zero-order valence-electron chi connectivity index (χ0n) is 11.9. The fourth-order valence-electron chi connectivity index (χ4n) is 1.99. The number of halogens is 1. The fourth-order valence-corrected chi connectivity index (χ4v) is 2.26. The lowest BCUT2D eigenvalue weighted by atomic mass is 10.1. The van der Waals surface area contributed by atoms with Crippen LogP contribution >= 0.6 is 15.9 Å². The van der Waals surface area contributed by atoms with Gasteiger partial charge in [-0.3, -0.25) is 0 Å². The monoisotopic (exact) mass is 333 g/mol. The zero-order valence-corrected chi connectivity index (χ0v) is 13.5. The van der Waals surface area contributed by atoms with E-state index in [2.05, 4.69) is 65.4 Å². The number of anilines is 1. The topological polar surface area (TPSA) is 21.3 Å². The van der Waals surface area contributed by atoms with Crippen molar-refractivity contribution in [2.75, 3.05) is 11.9 Å². The first-order valence-electron chi connectivity index (χ1n) is 6.94. The van der Waals surface area contributed by atoms with Gasteiger partial charge in [0.1, 0.15) is 5.75 Å². The van der Waals surface area contributed by atoms with Crippen molar-refractivity contribution in [3.63, 3.8) is 0 Å². The van der Waals surface area contributed by atoms with Gasteiger partial charge in [-0.25, -0.2) is 0 Å². The maximum absolute atomic E-state index is 5.77. The Morgan fingerprint density at radius 2 is 1.80 bits per heavy atom. The second-order valence-electron chi connectivity index (χ2n) is 4.76. The van der Waals surface area contributed by atoms with Crippen molar-refractivity contribution in [3.8, 4) is 5.75 Å². The molecule has 0 amide bonds. The van der Waals surface area contributed by atoms with Gasteiger partial charge < -0.3 is 10.1 Å². The predicted octanol–water partition coefficient (Wildman–Crippen LogP) is 5.41. The van der Waals surface area contributed by atoms with Crippen LogP contribution in [0.5, 0.6) is 5.75 Å². The van der Waals surface area contributed by atoms with Crippen LogP contribution in [0.15, 0.2) is 53.0 Å². The highest BCUT2D eigenvalue weighted by Crippen LogP contribution is 2.28. The molecular formula is C17H20BrNO. The van der Waals surface area contributed by atoms with Gasteiger partial charge in [0.05, 0.1) is 12.3 Å². The molecule has 0 saturated carbocycles. The number of para-hydroxylation sites is 2. The first kappa shape index (κ1) is 14.9. The average Bonchev–Trinajstić information content (AvgIpc) is 2.47. The molecule has 0 aliphatic heterocycles. The van der Waals surface area contributed by atoms with Crippen LogP contribution in [0.1, 0.15) is 31.9 Å². The molecule has 2 rings (SSSR count). The highest BCUT2D eigenvalue weighted by atomic mass is 79.9. The van der Waals surface area contributed by atoms with Crippen molar-refractivity contribution in [1.82, 2.24) is 0 Å². The third-order valence-corrected chi connectivity index (χ3v) is 3.62. The van der Waals surface area contributed by atoms with E-state index < -0.39 is 0 Å². The van der Waals surface area contributed by atoms with Crippen LogP contribution in [0, 0.1) is 0 Å². The number of hydrogen-bond donors (Lipinski definition) is 1. The molecule has 0 spiro atoms. The van der Waals surface area contributed by atoms with Gasteiger partial charge in [-0.2, -0.15) is 0 Å². The van der Waals surface area contributed by atoms with Crippen LogP contribution in [-0.2, 0) is 0 Å². The number of nitrogens with one attached hydrogen (secondary N) is 1. The summed E-state index contributed by atoms with van der Waals surface area (Å²) in [5.41, 5.74) is 2.29. The van der Waals surface area contributed by atoms with Gasteiger partial charge in [0, 0.05) is 10.5 Å². The molecule has 2 nitrogen and oxygen atoms in total. The standard InChI is InChI=1S/C17H20BrNO/c1-3-12-20-17-7-5-4-6-16(17)19-13(2)14-8-10-15(18)11-9-14/h4-11,13,19H,3,12H2,1-2H3. The lowest BCUT2D eigenvalue weighted by Gasteiger charge is -2.18. The van der Waals surface area contributed by atoms with Crippen LogP contribution in [-0.4, -0.2) is 6.61 Å². The molecule has 0 heterocycles. The minimum Gasteiger partial charge on any atom is -0.491 e.